The standard InChI is InChI=1S/C20H18N2O4/c23-19(15-4-6-18-14(10-15)7-8-26-18)21-17-5-3-12-9-16(20(24)22-25)2-1-13(12)11-17/h1-2,4,6-10,17,25H,3,5,11H2,(H,21,23)(H,22,24). The number of amides is 2. The van der Waals surface area contributed by atoms with Crippen LogP contribution in [0.4, 0.5) is 0 Å². The number of aryl methyl sites for hydroxylation is 1. The minimum atomic E-state index is -0.516. The van der Waals surface area contributed by atoms with E-state index in [-0.39, 0.29) is 11.9 Å². The van der Waals surface area contributed by atoms with Crippen LogP contribution in [0.3, 0.4) is 0 Å². The Balaban J connectivity index is 1.46. The van der Waals surface area contributed by atoms with Crippen LogP contribution in [-0.4, -0.2) is 23.1 Å². The molecule has 0 fully saturated rings. The van der Waals surface area contributed by atoms with E-state index in [9.17, 15) is 9.59 Å². The molecule has 6 heteroatoms. The fourth-order valence-electron chi connectivity index (χ4n) is 3.46. The minimum Gasteiger partial charge on any atom is -0.464 e. The average Bonchev–Trinajstić information content (AvgIpc) is 3.14. The lowest BCUT2D eigenvalue weighted by Crippen LogP contribution is -2.38. The Hall–Kier alpha value is -3.12. The zero-order valence-electron chi connectivity index (χ0n) is 14.0. The van der Waals surface area contributed by atoms with Gasteiger partial charge in [0.2, 0.25) is 0 Å². The highest BCUT2D eigenvalue weighted by Gasteiger charge is 2.22. The van der Waals surface area contributed by atoms with E-state index in [0.29, 0.717) is 11.1 Å². The van der Waals surface area contributed by atoms with Crippen LogP contribution >= 0.6 is 0 Å². The highest BCUT2D eigenvalue weighted by Crippen LogP contribution is 2.23. The Bertz CT molecular complexity index is 992. The van der Waals surface area contributed by atoms with Gasteiger partial charge in [0.05, 0.1) is 6.26 Å². The van der Waals surface area contributed by atoms with E-state index >= 15 is 0 Å². The first kappa shape index (κ1) is 16.4. The van der Waals surface area contributed by atoms with Crippen molar-refractivity contribution < 1.29 is 19.2 Å². The van der Waals surface area contributed by atoms with Crippen molar-refractivity contribution in [2.45, 2.75) is 25.3 Å². The van der Waals surface area contributed by atoms with Crippen molar-refractivity contribution in [2.75, 3.05) is 0 Å². The Morgan fingerprint density at radius 3 is 2.65 bits per heavy atom. The molecule has 0 spiro atoms. The molecule has 0 saturated carbocycles. The van der Waals surface area contributed by atoms with E-state index in [4.69, 9.17) is 9.62 Å². The second kappa shape index (κ2) is 6.65. The molecule has 1 aromatic heterocycles. The first-order chi connectivity index (χ1) is 12.6. The van der Waals surface area contributed by atoms with Crippen molar-refractivity contribution in [1.29, 1.82) is 0 Å². The monoisotopic (exact) mass is 350 g/mol. The van der Waals surface area contributed by atoms with Crippen LogP contribution < -0.4 is 10.8 Å². The smallest absolute Gasteiger partial charge is 0.274 e. The van der Waals surface area contributed by atoms with Crippen molar-refractivity contribution in [2.24, 2.45) is 0 Å². The van der Waals surface area contributed by atoms with Crippen LogP contribution in [0.25, 0.3) is 11.0 Å². The van der Waals surface area contributed by atoms with Crippen LogP contribution in [0.15, 0.2) is 53.1 Å². The number of hydrogen-bond acceptors (Lipinski definition) is 4. The van der Waals surface area contributed by atoms with Crippen molar-refractivity contribution in [3.8, 4) is 0 Å². The highest BCUT2D eigenvalue weighted by atomic mass is 16.5. The molecule has 0 aliphatic heterocycles. The molecule has 0 saturated heterocycles. The topological polar surface area (TPSA) is 91.6 Å². The number of fused-ring (bicyclic) bond motifs is 2. The summed E-state index contributed by atoms with van der Waals surface area (Å²) in [6.45, 7) is 0. The Morgan fingerprint density at radius 2 is 1.81 bits per heavy atom. The molecule has 6 nitrogen and oxygen atoms in total. The van der Waals surface area contributed by atoms with Gasteiger partial charge in [-0.05, 0) is 66.8 Å². The van der Waals surface area contributed by atoms with E-state index in [0.717, 1.165) is 41.4 Å². The second-order valence-electron chi connectivity index (χ2n) is 6.51. The molecule has 1 atom stereocenters. The Morgan fingerprint density at radius 1 is 1.00 bits per heavy atom. The SMILES string of the molecule is O=C(NO)c1ccc2c(c1)CCC(NC(=O)c1ccc3occc3c1)C2. The molecule has 26 heavy (non-hydrogen) atoms. The molecule has 2 aromatic carbocycles. The normalized spacial score (nSPS) is 16.1. The number of carbonyl (C=O) groups excluding carboxylic acids is 2. The third kappa shape index (κ3) is 3.07. The van der Waals surface area contributed by atoms with Crippen LogP contribution in [0, 0.1) is 0 Å². The van der Waals surface area contributed by atoms with Gasteiger partial charge in [-0.15, -0.1) is 0 Å². The van der Waals surface area contributed by atoms with Gasteiger partial charge in [0.25, 0.3) is 11.8 Å². The molecule has 3 N–H and O–H groups in total. The van der Waals surface area contributed by atoms with Gasteiger partial charge in [-0.1, -0.05) is 6.07 Å². The van der Waals surface area contributed by atoms with E-state index in [2.05, 4.69) is 5.32 Å². The molecule has 1 aliphatic rings. The average molecular weight is 350 g/mol. The molecule has 132 valence electrons. The molecule has 1 unspecified atom stereocenters. The summed E-state index contributed by atoms with van der Waals surface area (Å²) < 4.78 is 5.30. The molecule has 0 bridgehead atoms. The molecular formula is C20H18N2O4. The van der Waals surface area contributed by atoms with Crippen LogP contribution in [-0.2, 0) is 12.8 Å². The maximum atomic E-state index is 12.6. The quantitative estimate of drug-likeness (QED) is 0.500. The van der Waals surface area contributed by atoms with Gasteiger partial charge in [0.1, 0.15) is 5.58 Å². The van der Waals surface area contributed by atoms with Crippen molar-refractivity contribution in [3.05, 3.63) is 71.0 Å². The fourth-order valence-corrected chi connectivity index (χ4v) is 3.46. The van der Waals surface area contributed by atoms with Gasteiger partial charge >= 0.3 is 0 Å². The zero-order chi connectivity index (χ0) is 18.1. The van der Waals surface area contributed by atoms with Crippen LogP contribution in [0.5, 0.6) is 0 Å². The van der Waals surface area contributed by atoms with E-state index in [1.165, 1.54) is 0 Å². The number of nitrogens with one attached hydrogen (secondary N) is 2. The van der Waals surface area contributed by atoms with Crippen molar-refractivity contribution in [1.82, 2.24) is 10.8 Å². The molecule has 2 amide bonds. The van der Waals surface area contributed by atoms with Gasteiger partial charge < -0.3 is 9.73 Å². The van der Waals surface area contributed by atoms with Gasteiger partial charge in [-0.2, -0.15) is 0 Å². The summed E-state index contributed by atoms with van der Waals surface area (Å²) in [6, 6.07) is 12.6. The third-order valence-corrected chi connectivity index (χ3v) is 4.85. The number of rotatable bonds is 3. The summed E-state index contributed by atoms with van der Waals surface area (Å²) in [5.41, 5.74) is 5.64. The van der Waals surface area contributed by atoms with Crippen LogP contribution in [0.1, 0.15) is 38.3 Å². The van der Waals surface area contributed by atoms with E-state index in [1.807, 2.05) is 18.2 Å². The molecule has 4 rings (SSSR count). The fraction of sp³-hybridized carbons (Fsp3) is 0.200. The van der Waals surface area contributed by atoms with Gasteiger partial charge in [-0.25, -0.2) is 5.48 Å². The molecule has 0 radical (unpaired) electrons. The Kier molecular flexibility index (Phi) is 4.18. The third-order valence-electron chi connectivity index (χ3n) is 4.85. The first-order valence-corrected chi connectivity index (χ1v) is 8.48. The second-order valence-corrected chi connectivity index (χ2v) is 6.51. The predicted octanol–water partition coefficient (Wildman–Crippen LogP) is 2.84. The lowest BCUT2D eigenvalue weighted by Gasteiger charge is -2.26. The van der Waals surface area contributed by atoms with Gasteiger partial charge in [0.15, 0.2) is 0 Å². The Labute approximate surface area is 149 Å². The summed E-state index contributed by atoms with van der Waals surface area (Å²) in [7, 11) is 0. The van der Waals surface area contributed by atoms with E-state index in [1.54, 1.807) is 36.0 Å². The largest absolute Gasteiger partial charge is 0.464 e. The summed E-state index contributed by atoms with van der Waals surface area (Å²) >= 11 is 0. The first-order valence-electron chi connectivity index (χ1n) is 8.48. The lowest BCUT2D eigenvalue weighted by atomic mass is 9.87. The number of furan rings is 1. The minimum absolute atomic E-state index is 0.0487. The molecule has 3 aromatic rings. The maximum Gasteiger partial charge on any atom is 0.274 e. The highest BCUT2D eigenvalue weighted by molar-refractivity contribution is 5.98. The van der Waals surface area contributed by atoms with Crippen molar-refractivity contribution >= 4 is 22.8 Å². The van der Waals surface area contributed by atoms with Crippen LogP contribution in [0.2, 0.25) is 0 Å². The lowest BCUT2D eigenvalue weighted by molar-refractivity contribution is 0.0706. The number of benzene rings is 2. The van der Waals surface area contributed by atoms with E-state index < -0.39 is 5.91 Å². The molecular weight excluding hydrogens is 332 g/mol. The summed E-state index contributed by atoms with van der Waals surface area (Å²) in [5.74, 6) is -0.615. The summed E-state index contributed by atoms with van der Waals surface area (Å²) in [4.78, 5) is 24.1. The van der Waals surface area contributed by atoms with Gasteiger partial charge in [0, 0.05) is 22.6 Å². The summed E-state index contributed by atoms with van der Waals surface area (Å²) in [5, 5.41) is 12.7. The molecule has 1 aliphatic carbocycles. The summed E-state index contributed by atoms with van der Waals surface area (Å²) in [6.07, 6.45) is 3.90. The van der Waals surface area contributed by atoms with Gasteiger partial charge in [-0.3, -0.25) is 14.8 Å². The number of carbonyl (C=O) groups is 2. The predicted molar refractivity (Wildman–Crippen MR) is 95.2 cm³/mol. The maximum absolute atomic E-state index is 12.6. The zero-order valence-corrected chi connectivity index (χ0v) is 14.0. The number of hydrogen-bond donors (Lipinski definition) is 3. The number of hydroxylamine groups is 1. The molecule has 1 heterocycles. The van der Waals surface area contributed by atoms with Crippen molar-refractivity contribution in [3.63, 3.8) is 0 Å².